The van der Waals surface area contributed by atoms with Gasteiger partial charge in [-0.3, -0.25) is 0 Å². The van der Waals surface area contributed by atoms with E-state index in [1.807, 2.05) is 0 Å². The molecule has 56 valence electrons. The van der Waals surface area contributed by atoms with E-state index in [1.54, 1.807) is 12.4 Å². The number of nitrogens with zero attached hydrogens (tertiary/aromatic N) is 2. The Morgan fingerprint density at radius 3 is 2.64 bits per heavy atom. The van der Waals surface area contributed by atoms with E-state index in [0.717, 1.165) is 5.56 Å². The zero-order valence-corrected chi connectivity index (χ0v) is 8.39. The van der Waals surface area contributed by atoms with E-state index in [1.165, 1.54) is 8.93 Å². The van der Waals surface area contributed by atoms with E-state index < -0.39 is 0 Å². The molecule has 0 aliphatic carbocycles. The summed E-state index contributed by atoms with van der Waals surface area (Å²) in [6.07, 6.45) is 3.20. The van der Waals surface area contributed by atoms with Gasteiger partial charge < -0.3 is 5.73 Å². The maximum absolute atomic E-state index is 5.28. The van der Waals surface area contributed by atoms with E-state index in [-0.39, 0.29) is 5.95 Å². The lowest BCUT2D eigenvalue weighted by Crippen LogP contribution is -1.93. The van der Waals surface area contributed by atoms with Gasteiger partial charge in [0.15, 0.2) is 0 Å². The molecular weight excluding hydrogens is 273 g/mol. The Labute approximate surface area is 80.8 Å². The zero-order chi connectivity index (χ0) is 8.10. The van der Waals surface area contributed by atoms with Crippen molar-refractivity contribution >= 4 is 36.1 Å². The van der Waals surface area contributed by atoms with Crippen LogP contribution in [0.15, 0.2) is 12.4 Å². The highest BCUT2D eigenvalue weighted by atomic mass is 127. The van der Waals surface area contributed by atoms with Gasteiger partial charge in [-0.25, -0.2) is 9.97 Å². The van der Waals surface area contributed by atoms with Crippen molar-refractivity contribution in [3.8, 4) is 11.2 Å². The third-order valence-electron chi connectivity index (χ3n) is 0.906. The van der Waals surface area contributed by atoms with Gasteiger partial charge in [0.05, 0.1) is 5.56 Å². The molecule has 0 amide bonds. The van der Waals surface area contributed by atoms with Crippen LogP contribution in [0.5, 0.6) is 0 Å². The summed E-state index contributed by atoms with van der Waals surface area (Å²) in [6, 6.07) is 0. The second-order valence-electron chi connectivity index (χ2n) is 1.63. The first-order valence-corrected chi connectivity index (χ1v) is 6.05. The summed E-state index contributed by atoms with van der Waals surface area (Å²) in [4.78, 5) is 7.57. The predicted octanol–water partition coefficient (Wildman–Crippen LogP) is 1.45. The van der Waals surface area contributed by atoms with Crippen LogP contribution in [0.25, 0.3) is 0 Å². The molecule has 3 nitrogen and oxygen atoms in total. The van der Waals surface area contributed by atoms with E-state index in [0.29, 0.717) is 0 Å². The van der Waals surface area contributed by atoms with Crippen LogP contribution < -0.4 is 5.73 Å². The van der Waals surface area contributed by atoms with Crippen LogP contribution >= 0.6 is 30.1 Å². The van der Waals surface area contributed by atoms with E-state index in [2.05, 4.69) is 42.3 Å². The van der Waals surface area contributed by atoms with Crippen LogP contribution in [0.3, 0.4) is 0 Å². The molecule has 0 aromatic carbocycles. The molecule has 2 N–H and O–H groups in total. The van der Waals surface area contributed by atoms with Crippen molar-refractivity contribution in [3.05, 3.63) is 18.0 Å². The van der Waals surface area contributed by atoms with Crippen LogP contribution in [0.2, 0.25) is 0 Å². The lowest BCUT2D eigenvalue weighted by Gasteiger charge is -1.88. The van der Waals surface area contributed by atoms with Gasteiger partial charge >= 0.3 is 0 Å². The third-order valence-corrected chi connectivity index (χ3v) is 1.75. The van der Waals surface area contributed by atoms with Gasteiger partial charge in [0, 0.05) is 33.6 Å². The fourth-order valence-corrected chi connectivity index (χ4v) is 0.968. The first-order chi connectivity index (χ1) is 5.33. The van der Waals surface area contributed by atoms with E-state index >= 15 is 0 Å². The van der Waals surface area contributed by atoms with E-state index in [9.17, 15) is 0 Å². The van der Waals surface area contributed by atoms with Gasteiger partial charge in [-0.1, -0.05) is 5.92 Å². The Hall–Kier alpha value is -0.480. The number of halogens is 1. The van der Waals surface area contributed by atoms with Gasteiger partial charge in [0.25, 0.3) is 0 Å². The Kier molecular flexibility index (Phi) is 3.45. The first kappa shape index (κ1) is 8.62. The third kappa shape index (κ3) is 2.95. The summed E-state index contributed by atoms with van der Waals surface area (Å²) >= 11 is 2.10. The molecule has 0 bridgehead atoms. The molecule has 0 unspecified atom stereocenters. The molecule has 5 heteroatoms. The second-order valence-corrected chi connectivity index (χ2v) is 3.31. The number of aromatic nitrogens is 2. The lowest BCUT2D eigenvalue weighted by atomic mass is 10.4. The highest BCUT2D eigenvalue weighted by molar-refractivity contribution is 14.2. The number of nitrogen functional groups attached to an aromatic ring is 1. The highest BCUT2D eigenvalue weighted by Crippen LogP contribution is 2.07. The van der Waals surface area contributed by atoms with Gasteiger partial charge in [-0.05, 0) is 14.2 Å². The van der Waals surface area contributed by atoms with Gasteiger partial charge in [-0.2, -0.15) is 0 Å². The Bertz CT molecular complexity index is 287. The summed E-state index contributed by atoms with van der Waals surface area (Å²) < 4.78 is 0. The van der Waals surface area contributed by atoms with E-state index in [4.69, 9.17) is 5.73 Å². The lowest BCUT2D eigenvalue weighted by molar-refractivity contribution is 1.17. The van der Waals surface area contributed by atoms with Crippen molar-refractivity contribution in [1.82, 2.24) is 9.97 Å². The van der Waals surface area contributed by atoms with Gasteiger partial charge in [-0.15, -0.1) is 0 Å². The van der Waals surface area contributed by atoms with Crippen LogP contribution in [0.1, 0.15) is 5.56 Å². The van der Waals surface area contributed by atoms with Gasteiger partial charge in [0.2, 0.25) is 5.95 Å². The summed E-state index contributed by atoms with van der Waals surface area (Å²) in [7, 11) is 1.42. The topological polar surface area (TPSA) is 51.8 Å². The molecule has 0 spiro atoms. The summed E-state index contributed by atoms with van der Waals surface area (Å²) in [5, 5.41) is 2.82. The molecule has 1 aromatic rings. The first-order valence-electron chi connectivity index (χ1n) is 2.69. The molecule has 0 aliphatic rings. The number of anilines is 1. The highest BCUT2D eigenvalue weighted by Gasteiger charge is 1.87. The minimum absolute atomic E-state index is 0.276. The standard InChI is InChI=1S/C6H4IN3S/c7-11-2-1-5-3-9-6(8)10-4-5/h3-4H,(H2,8,9,10). The molecule has 0 aliphatic heterocycles. The van der Waals surface area contributed by atoms with Crippen molar-refractivity contribution in [2.45, 2.75) is 0 Å². The summed E-state index contributed by atoms with van der Waals surface area (Å²) in [5.74, 6) is 3.12. The Balaban J connectivity index is 2.82. The number of hydrogen-bond donors (Lipinski definition) is 1. The molecule has 1 rings (SSSR count). The minimum atomic E-state index is 0.276. The molecule has 1 aromatic heterocycles. The Morgan fingerprint density at radius 2 is 2.09 bits per heavy atom. The molecule has 0 atom stereocenters. The molecule has 11 heavy (non-hydrogen) atoms. The normalized spacial score (nSPS) is 8.45. The number of nitrogens with two attached hydrogens (primary N) is 1. The maximum Gasteiger partial charge on any atom is 0.219 e. The smallest absolute Gasteiger partial charge is 0.219 e. The SMILES string of the molecule is Nc1ncc(C#CSI)cn1. The Morgan fingerprint density at radius 1 is 1.45 bits per heavy atom. The fraction of sp³-hybridized carbons (Fsp3) is 0. The number of hydrogen-bond acceptors (Lipinski definition) is 4. The zero-order valence-electron chi connectivity index (χ0n) is 5.41. The second kappa shape index (κ2) is 4.41. The van der Waals surface area contributed by atoms with Crippen LogP contribution in [-0.2, 0) is 0 Å². The molecule has 0 fully saturated rings. The molecule has 0 radical (unpaired) electrons. The number of rotatable bonds is 0. The minimum Gasteiger partial charge on any atom is -0.368 e. The molecule has 0 saturated carbocycles. The van der Waals surface area contributed by atoms with Crippen LogP contribution in [0, 0.1) is 11.2 Å². The van der Waals surface area contributed by atoms with Crippen molar-refractivity contribution < 1.29 is 0 Å². The monoisotopic (exact) mass is 277 g/mol. The van der Waals surface area contributed by atoms with Crippen LogP contribution in [-0.4, -0.2) is 9.97 Å². The molecule has 1 heterocycles. The van der Waals surface area contributed by atoms with Gasteiger partial charge in [0.1, 0.15) is 0 Å². The summed E-state index contributed by atoms with van der Waals surface area (Å²) in [5.41, 5.74) is 6.06. The van der Waals surface area contributed by atoms with Crippen molar-refractivity contribution in [2.24, 2.45) is 0 Å². The summed E-state index contributed by atoms with van der Waals surface area (Å²) in [6.45, 7) is 0. The maximum atomic E-state index is 5.28. The average molecular weight is 277 g/mol. The molecular formula is C6H4IN3S. The fourth-order valence-electron chi connectivity index (χ4n) is 0.481. The van der Waals surface area contributed by atoms with Crippen LogP contribution in [0.4, 0.5) is 5.95 Å². The van der Waals surface area contributed by atoms with Crippen molar-refractivity contribution in [2.75, 3.05) is 5.73 Å². The van der Waals surface area contributed by atoms with Crippen molar-refractivity contribution in [3.63, 3.8) is 0 Å². The quantitative estimate of drug-likeness (QED) is 0.576. The predicted molar refractivity (Wildman–Crippen MR) is 54.9 cm³/mol. The largest absolute Gasteiger partial charge is 0.368 e. The van der Waals surface area contributed by atoms with Crippen molar-refractivity contribution in [1.29, 1.82) is 0 Å². The average Bonchev–Trinajstić information content (AvgIpc) is 2.04. The molecule has 0 saturated heterocycles.